The van der Waals surface area contributed by atoms with Crippen LogP contribution in [0.25, 0.3) is 72.3 Å². The van der Waals surface area contributed by atoms with E-state index in [1.165, 1.54) is 5.56 Å². The number of imidazole rings is 1. The fourth-order valence-electron chi connectivity index (χ4n) is 13.3. The van der Waals surface area contributed by atoms with Crippen molar-refractivity contribution in [2.24, 2.45) is 41.4 Å². The van der Waals surface area contributed by atoms with E-state index in [1.807, 2.05) is 65.4 Å². The quantitative estimate of drug-likeness (QED) is 0.113. The van der Waals surface area contributed by atoms with Gasteiger partial charge in [-0.3, -0.25) is 13.7 Å². The Labute approximate surface area is 366 Å². The fourth-order valence-corrected chi connectivity index (χ4v) is 13.3. The normalized spacial score (nSPS) is 27.9. The second kappa shape index (κ2) is 11.5. The molecule has 6 fully saturated rings. The summed E-state index contributed by atoms with van der Waals surface area (Å²) in [6, 6.07) is 33.9. The molecule has 3 heterocycles. The van der Waals surface area contributed by atoms with Gasteiger partial charge in [-0.1, -0.05) is 127 Å². The Morgan fingerprint density at radius 2 is 1.25 bits per heavy atom. The predicted octanol–water partition coefficient (Wildman–Crippen LogP) is 11.9. The smallest absolute Gasteiger partial charge is 0.269 e. The van der Waals surface area contributed by atoms with Gasteiger partial charge < -0.3 is 4.74 Å². The van der Waals surface area contributed by atoms with Crippen LogP contribution in [0.1, 0.15) is 19.3 Å². The third-order valence-electron chi connectivity index (χ3n) is 15.3. The molecule has 0 bridgehead atoms. The molecule has 5 heteroatoms. The number of nitrogens with zero attached hydrogens (tertiary/aromatic N) is 4. The molecule has 0 unspecified atom stereocenters. The first-order valence-electron chi connectivity index (χ1n) is 25.9. The maximum Gasteiger partial charge on any atom is 0.269 e. The van der Waals surface area contributed by atoms with E-state index in [9.17, 15) is 0 Å². The summed E-state index contributed by atoms with van der Waals surface area (Å²) in [7, 11) is 0. The summed E-state index contributed by atoms with van der Waals surface area (Å²) in [6.45, 7) is 0. The highest BCUT2D eigenvalue weighted by atomic mass is 16.5. The molecule has 288 valence electrons. The van der Waals surface area contributed by atoms with E-state index >= 15 is 0 Å². The van der Waals surface area contributed by atoms with Gasteiger partial charge in [0.25, 0.3) is 6.33 Å². The van der Waals surface area contributed by atoms with Gasteiger partial charge in [0.05, 0.1) is 47.1 Å². The van der Waals surface area contributed by atoms with Crippen LogP contribution in [-0.2, 0) is 5.41 Å². The van der Waals surface area contributed by atoms with Crippen molar-refractivity contribution in [2.75, 3.05) is 0 Å². The Balaban J connectivity index is 0.859. The molecule has 7 aromatic carbocycles. The Morgan fingerprint density at radius 1 is 0.590 bits per heavy atom. The zero-order valence-corrected chi connectivity index (χ0v) is 32.4. The number of hydrogen-bond donors (Lipinski definition) is 0. The van der Waals surface area contributed by atoms with Crippen LogP contribution in [0.15, 0.2) is 188 Å². The molecule has 6 aliphatic carbocycles. The van der Waals surface area contributed by atoms with E-state index in [1.54, 1.807) is 22.8 Å². The Morgan fingerprint density at radius 3 is 2.00 bits per heavy atom. The van der Waals surface area contributed by atoms with Gasteiger partial charge in [-0.15, -0.1) is 0 Å². The van der Waals surface area contributed by atoms with Crippen molar-refractivity contribution in [3.05, 3.63) is 200 Å². The first-order valence-corrected chi connectivity index (χ1v) is 20.9. The standard InChI is InChI=1S/C56H38N4O/c1-3-13-33(14-4-1)39-20-12-21-40(34-15-5-2-6-16-34)55(39)59-32-58(44-23-9-10-24-45(44)59)36-17-11-18-37(30-36)61-38-25-26-42-41-19-7-8-22-43(41)60(46(42)31-38)47-29-35(27-28-57-47)56-52-49-48-50(52)54(56)51(48)53(49)56/h1-31,48-54H/i1D,2D,3D,4D,5D,6D,13D,14D,15D,16D. The summed E-state index contributed by atoms with van der Waals surface area (Å²) >= 11 is 0. The van der Waals surface area contributed by atoms with Crippen LogP contribution in [0.5, 0.6) is 11.5 Å². The monoisotopic (exact) mass is 792 g/mol. The number of para-hydroxylation sites is 4. The minimum absolute atomic E-state index is 0.119. The summed E-state index contributed by atoms with van der Waals surface area (Å²) in [5.74, 6) is 8.71. The maximum atomic E-state index is 9.03. The molecule has 16 rings (SSSR count). The van der Waals surface area contributed by atoms with Crippen molar-refractivity contribution in [1.82, 2.24) is 14.1 Å². The molecule has 0 N–H and O–H groups in total. The van der Waals surface area contributed by atoms with Crippen molar-refractivity contribution < 1.29 is 23.0 Å². The summed E-state index contributed by atoms with van der Waals surface area (Å²) < 4.78 is 99.5. The predicted molar refractivity (Wildman–Crippen MR) is 239 cm³/mol. The number of rotatable bonds is 8. The second-order valence-electron chi connectivity index (χ2n) is 17.3. The van der Waals surface area contributed by atoms with E-state index in [0.29, 0.717) is 33.6 Å². The molecule has 3 aromatic heterocycles. The molecule has 0 atom stereocenters. The van der Waals surface area contributed by atoms with E-state index < -0.39 is 60.4 Å². The molecule has 0 amide bonds. The van der Waals surface area contributed by atoms with Gasteiger partial charge in [0.15, 0.2) is 0 Å². The van der Waals surface area contributed by atoms with Crippen LogP contribution in [0, 0.1) is 47.8 Å². The maximum absolute atomic E-state index is 9.03. The molecule has 0 spiro atoms. The van der Waals surface area contributed by atoms with Crippen LogP contribution < -0.4 is 9.30 Å². The van der Waals surface area contributed by atoms with Crippen LogP contribution in [0.2, 0.25) is 0 Å². The van der Waals surface area contributed by atoms with Gasteiger partial charge >= 0.3 is 0 Å². The molecule has 6 aliphatic rings. The van der Waals surface area contributed by atoms with Crippen LogP contribution in [0.4, 0.5) is 0 Å². The SMILES string of the molecule is [2H]c1c([2H])c([2H])c(-c2cccc(-c3c([2H])c([2H])c([2H])c([2H])c3[2H])c2-[n+]2[c-]n(-c3cccc(Oc4ccc5c6ccccc6n(-c6cc(C78C9C%10C%11C9C7C%11C%108)ccn6)c5c4)c3)c3ccccc32)c([2H])c1[2H]. The summed E-state index contributed by atoms with van der Waals surface area (Å²) in [4.78, 5) is 5.00. The third kappa shape index (κ3) is 3.94. The minimum atomic E-state index is -0.558. The molecule has 5 nitrogen and oxygen atoms in total. The average Bonchev–Trinajstić information content (AvgIpc) is 4.02. The van der Waals surface area contributed by atoms with E-state index in [-0.39, 0.29) is 27.9 Å². The lowest BCUT2D eigenvalue weighted by Crippen LogP contribution is -3.06. The topological polar surface area (TPSA) is 35.9 Å². The molecular formula is C56H38N4O. The zero-order chi connectivity index (χ0) is 48.3. The Kier molecular flexibility index (Phi) is 4.67. The Hall–Kier alpha value is -7.24. The lowest BCUT2D eigenvalue weighted by atomic mass is 8.96. The highest BCUT2D eigenvalue weighted by Gasteiger charge is 3.04. The molecular weight excluding hydrogens is 745 g/mol. The number of aromatic nitrogens is 4. The molecule has 0 radical (unpaired) electrons. The van der Waals surface area contributed by atoms with Crippen molar-refractivity contribution >= 4 is 32.8 Å². The van der Waals surface area contributed by atoms with E-state index in [0.717, 1.165) is 69.0 Å². The molecule has 0 aliphatic heterocycles. The summed E-state index contributed by atoms with van der Waals surface area (Å²) in [5, 5.41) is 2.22. The Bertz CT molecular complexity index is 3890. The van der Waals surface area contributed by atoms with Crippen molar-refractivity contribution in [3.8, 4) is 50.9 Å². The first kappa shape index (κ1) is 24.7. The number of fused-ring (bicyclic) bond motifs is 4. The lowest BCUT2D eigenvalue weighted by Gasteiger charge is -3.08. The second-order valence-corrected chi connectivity index (χ2v) is 17.3. The molecule has 6 saturated carbocycles. The third-order valence-corrected chi connectivity index (χ3v) is 15.3. The number of pyridine rings is 1. The molecule has 61 heavy (non-hydrogen) atoms. The highest BCUT2D eigenvalue weighted by molar-refractivity contribution is 6.09. The van der Waals surface area contributed by atoms with E-state index in [2.05, 4.69) is 59.4 Å². The number of hydrogen-bond acceptors (Lipinski definition) is 2. The van der Waals surface area contributed by atoms with Crippen molar-refractivity contribution in [1.29, 1.82) is 0 Å². The van der Waals surface area contributed by atoms with Gasteiger partial charge in [-0.25, -0.2) is 4.98 Å². The fraction of sp³-hybridized carbons (Fsp3) is 0.143. The van der Waals surface area contributed by atoms with Gasteiger partial charge in [0, 0.05) is 28.5 Å². The molecule has 0 saturated heterocycles. The van der Waals surface area contributed by atoms with Gasteiger partial charge in [-0.05, 0) is 118 Å². The van der Waals surface area contributed by atoms with E-state index in [4.69, 9.17) is 23.4 Å². The number of benzene rings is 7. The lowest BCUT2D eigenvalue weighted by molar-refractivity contribution is -0.581. The zero-order valence-electron chi connectivity index (χ0n) is 42.4. The van der Waals surface area contributed by atoms with Crippen molar-refractivity contribution in [2.45, 2.75) is 5.41 Å². The summed E-state index contributed by atoms with van der Waals surface area (Å²) in [5.41, 5.74) is 6.09. The highest BCUT2D eigenvalue weighted by Crippen LogP contribution is 3.05. The average molecular weight is 793 g/mol. The summed E-state index contributed by atoms with van der Waals surface area (Å²) in [6.07, 6.45) is 5.46. The van der Waals surface area contributed by atoms with Crippen LogP contribution in [0.3, 0.4) is 0 Å². The van der Waals surface area contributed by atoms with Crippen molar-refractivity contribution in [3.63, 3.8) is 0 Å². The first-order chi connectivity index (χ1) is 34.4. The van der Waals surface area contributed by atoms with Gasteiger partial charge in [-0.2, -0.15) is 0 Å². The van der Waals surface area contributed by atoms with Gasteiger partial charge in [0.2, 0.25) is 0 Å². The number of ether oxygens (including phenoxy) is 1. The van der Waals surface area contributed by atoms with Gasteiger partial charge in [0.1, 0.15) is 17.3 Å². The minimum Gasteiger partial charge on any atom is -0.458 e. The van der Waals surface area contributed by atoms with Crippen LogP contribution >= 0.6 is 0 Å². The van der Waals surface area contributed by atoms with Crippen LogP contribution in [-0.4, -0.2) is 14.1 Å². The molecule has 10 aromatic rings. The largest absolute Gasteiger partial charge is 0.458 e.